The lowest BCUT2D eigenvalue weighted by Gasteiger charge is -2.28. The maximum Gasteiger partial charge on any atom is 0.138 e. The summed E-state index contributed by atoms with van der Waals surface area (Å²) in [5.74, 6) is 0.866. The summed E-state index contributed by atoms with van der Waals surface area (Å²) in [5, 5.41) is 2.47. The monoisotopic (exact) mass is 654 g/mol. The minimum Gasteiger partial charge on any atom is -0.353 e. The number of hydrogen-bond acceptors (Lipinski definition) is 3. The maximum atomic E-state index is 5.40. The van der Waals surface area contributed by atoms with Crippen LogP contribution >= 0.6 is 0 Å². The number of benzene rings is 4. The zero-order valence-corrected chi connectivity index (χ0v) is 30.7. The number of aromatic amines is 1. The van der Waals surface area contributed by atoms with Crippen molar-refractivity contribution in [2.24, 2.45) is 0 Å². The fourth-order valence-electron chi connectivity index (χ4n) is 7.12. The number of nitrogens with zero attached hydrogens (tertiary/aromatic N) is 3. The number of aromatic nitrogens is 3. The van der Waals surface area contributed by atoms with Gasteiger partial charge in [0.2, 0.25) is 0 Å². The number of para-hydroxylation sites is 1. The second kappa shape index (κ2) is 11.1. The van der Waals surface area contributed by atoms with E-state index in [0.717, 1.165) is 56.4 Å². The van der Waals surface area contributed by atoms with Crippen LogP contribution < -0.4 is 4.90 Å². The lowest BCUT2D eigenvalue weighted by Crippen LogP contribution is -2.16. The lowest BCUT2D eigenvalue weighted by molar-refractivity contribution is 0.589. The summed E-state index contributed by atoms with van der Waals surface area (Å²) < 4.78 is 0. The molecule has 3 aromatic heterocycles. The highest BCUT2D eigenvalue weighted by Crippen LogP contribution is 2.45. The first-order valence-corrected chi connectivity index (χ1v) is 17.8. The molecule has 1 aliphatic heterocycles. The average molecular weight is 655 g/mol. The molecule has 8 bridgehead atoms. The van der Waals surface area contributed by atoms with Crippen molar-refractivity contribution in [1.29, 1.82) is 0 Å². The van der Waals surface area contributed by atoms with E-state index in [1.165, 1.54) is 33.0 Å². The molecule has 0 fully saturated rings. The second-order valence-electron chi connectivity index (χ2n) is 17.0. The number of H-pyrrole nitrogens is 1. The van der Waals surface area contributed by atoms with Gasteiger partial charge in [-0.05, 0) is 111 Å². The maximum absolute atomic E-state index is 5.40. The first-order chi connectivity index (χ1) is 23.6. The minimum atomic E-state index is -0.107. The van der Waals surface area contributed by atoms with Crippen LogP contribution in [0.25, 0.3) is 55.6 Å². The third kappa shape index (κ3) is 5.48. The molecule has 1 aliphatic rings. The van der Waals surface area contributed by atoms with Crippen LogP contribution in [0.2, 0.25) is 0 Å². The van der Waals surface area contributed by atoms with Crippen LogP contribution in [0.3, 0.4) is 0 Å². The van der Waals surface area contributed by atoms with Crippen LogP contribution in [-0.4, -0.2) is 15.0 Å². The van der Waals surface area contributed by atoms with Crippen molar-refractivity contribution < 1.29 is 0 Å². The van der Waals surface area contributed by atoms with Crippen molar-refractivity contribution in [2.45, 2.75) is 78.6 Å². The predicted molar refractivity (Wildman–Crippen MR) is 212 cm³/mol. The Kier molecular flexibility index (Phi) is 7.14. The van der Waals surface area contributed by atoms with Crippen LogP contribution in [0, 0.1) is 0 Å². The van der Waals surface area contributed by atoms with Crippen molar-refractivity contribution in [3.8, 4) is 33.8 Å². The van der Waals surface area contributed by atoms with Gasteiger partial charge in [-0.1, -0.05) is 98.7 Å². The van der Waals surface area contributed by atoms with Crippen LogP contribution in [0.4, 0.5) is 17.2 Å². The van der Waals surface area contributed by atoms with E-state index in [4.69, 9.17) is 9.97 Å². The number of hydrogen-bond donors (Lipinski definition) is 1. The van der Waals surface area contributed by atoms with Crippen LogP contribution in [0.1, 0.15) is 79.0 Å². The van der Waals surface area contributed by atoms with E-state index in [9.17, 15) is 0 Å². The number of anilines is 3. The van der Waals surface area contributed by atoms with E-state index in [-0.39, 0.29) is 16.2 Å². The van der Waals surface area contributed by atoms with Crippen LogP contribution in [0.15, 0.2) is 109 Å². The molecule has 0 saturated carbocycles. The summed E-state index contributed by atoms with van der Waals surface area (Å²) in [6.07, 6.45) is 0. The molecular formula is C46H46N4. The molecule has 0 radical (unpaired) electrons. The zero-order valence-electron chi connectivity index (χ0n) is 30.7. The van der Waals surface area contributed by atoms with Gasteiger partial charge in [0.15, 0.2) is 0 Å². The van der Waals surface area contributed by atoms with Gasteiger partial charge in [0.05, 0.1) is 28.1 Å². The zero-order chi connectivity index (χ0) is 35.2. The molecule has 0 amide bonds. The highest BCUT2D eigenvalue weighted by molar-refractivity contribution is 6.16. The number of pyridine rings is 2. The molecule has 0 atom stereocenters. The summed E-state index contributed by atoms with van der Waals surface area (Å²) in [5.41, 5.74) is 14.0. The third-order valence-corrected chi connectivity index (χ3v) is 10.2. The Bertz CT molecular complexity index is 2430. The average Bonchev–Trinajstić information content (AvgIpc) is 3.45. The van der Waals surface area contributed by atoms with E-state index < -0.39 is 0 Å². The Balaban J connectivity index is 1.57. The SMILES string of the molecule is CC(C)(C)c1cc2nc(c1)N(c1ccccc1)c1cccc(c1)-c1cc(C(C)(C)C)cc3c1[nH]c1c(cc(C(C)(C)C)cc13)-c1cccc-2n1. The van der Waals surface area contributed by atoms with Crippen LogP contribution in [0.5, 0.6) is 0 Å². The van der Waals surface area contributed by atoms with E-state index in [2.05, 4.69) is 181 Å². The molecule has 8 rings (SSSR count). The molecule has 7 aromatic rings. The first kappa shape index (κ1) is 32.0. The number of fused-ring (bicyclic) bond motifs is 10. The van der Waals surface area contributed by atoms with Crippen molar-refractivity contribution in [2.75, 3.05) is 4.90 Å². The van der Waals surface area contributed by atoms with Gasteiger partial charge in [-0.2, -0.15) is 0 Å². The Morgan fingerprint density at radius 1 is 0.460 bits per heavy atom. The van der Waals surface area contributed by atoms with E-state index in [1.54, 1.807) is 0 Å². The number of rotatable bonds is 1. The first-order valence-electron chi connectivity index (χ1n) is 17.8. The second-order valence-corrected chi connectivity index (χ2v) is 17.0. The largest absolute Gasteiger partial charge is 0.353 e. The Hall–Kier alpha value is -5.22. The topological polar surface area (TPSA) is 44.8 Å². The summed E-state index contributed by atoms with van der Waals surface area (Å²) in [6.45, 7) is 20.6. The summed E-state index contributed by atoms with van der Waals surface area (Å²) >= 11 is 0. The fourth-order valence-corrected chi connectivity index (χ4v) is 7.12. The van der Waals surface area contributed by atoms with Gasteiger partial charge in [-0.15, -0.1) is 0 Å². The molecule has 4 heteroatoms. The predicted octanol–water partition coefficient (Wildman–Crippen LogP) is 12.8. The van der Waals surface area contributed by atoms with Gasteiger partial charge >= 0.3 is 0 Å². The van der Waals surface area contributed by atoms with Gasteiger partial charge in [-0.25, -0.2) is 9.97 Å². The van der Waals surface area contributed by atoms with Crippen molar-refractivity contribution in [1.82, 2.24) is 15.0 Å². The standard InChI is InChI=1S/C46H46N4/c1-44(2,3)29-22-34-28-15-13-18-33(21-28)50(32-16-11-10-12-17-32)41-27-31(46(7,8)9)26-40(48-41)39-20-14-19-38(47-39)37-25-30(45(4,5)6)24-36-35(23-29)42(34)49-43(36)37/h10-27,49H,1-9H3. The van der Waals surface area contributed by atoms with Gasteiger partial charge in [0.1, 0.15) is 5.82 Å². The molecule has 0 aliphatic carbocycles. The normalized spacial score (nSPS) is 13.3. The molecule has 0 spiro atoms. The number of nitrogens with one attached hydrogen (secondary N) is 1. The smallest absolute Gasteiger partial charge is 0.138 e. The molecule has 250 valence electrons. The quantitative estimate of drug-likeness (QED) is 0.192. The van der Waals surface area contributed by atoms with Gasteiger partial charge < -0.3 is 4.98 Å². The van der Waals surface area contributed by atoms with Gasteiger partial charge in [-0.3, -0.25) is 4.90 Å². The fraction of sp³-hybridized carbons (Fsp3) is 0.261. The van der Waals surface area contributed by atoms with Crippen molar-refractivity contribution in [3.63, 3.8) is 0 Å². The molecule has 50 heavy (non-hydrogen) atoms. The summed E-state index contributed by atoms with van der Waals surface area (Å²) in [7, 11) is 0. The summed E-state index contributed by atoms with van der Waals surface area (Å²) in [4.78, 5) is 17.1. The summed E-state index contributed by atoms with van der Waals surface area (Å²) in [6, 6.07) is 39.9. The molecule has 0 saturated heterocycles. The van der Waals surface area contributed by atoms with Crippen LogP contribution in [-0.2, 0) is 16.2 Å². The van der Waals surface area contributed by atoms with Crippen molar-refractivity contribution in [3.05, 3.63) is 126 Å². The molecular weight excluding hydrogens is 609 g/mol. The molecule has 1 N–H and O–H groups in total. The molecule has 0 unspecified atom stereocenters. The Labute approximate surface area is 296 Å². The van der Waals surface area contributed by atoms with E-state index >= 15 is 0 Å². The lowest BCUT2D eigenvalue weighted by atomic mass is 9.82. The van der Waals surface area contributed by atoms with E-state index in [1.807, 2.05) is 0 Å². The van der Waals surface area contributed by atoms with E-state index in [0.29, 0.717) is 0 Å². The van der Waals surface area contributed by atoms with Crippen molar-refractivity contribution >= 4 is 39.0 Å². The van der Waals surface area contributed by atoms with Gasteiger partial charge in [0, 0.05) is 33.3 Å². The third-order valence-electron chi connectivity index (χ3n) is 10.2. The van der Waals surface area contributed by atoms with Gasteiger partial charge in [0.25, 0.3) is 0 Å². The minimum absolute atomic E-state index is 0.0465. The Morgan fingerprint density at radius 2 is 1.02 bits per heavy atom. The highest BCUT2D eigenvalue weighted by atomic mass is 15.2. The Morgan fingerprint density at radius 3 is 1.68 bits per heavy atom. The highest BCUT2D eigenvalue weighted by Gasteiger charge is 2.26. The molecule has 4 heterocycles. The molecule has 4 nitrogen and oxygen atoms in total. The molecule has 4 aromatic carbocycles.